The zero-order chi connectivity index (χ0) is 22.3. The van der Waals surface area contributed by atoms with Crippen LogP contribution in [0.25, 0.3) is 20.7 Å². The Morgan fingerprint density at radius 1 is 1.26 bits per heavy atom. The molecular formula is C23H25N3O3S2. The molecule has 0 amide bonds. The molecule has 0 radical (unpaired) electrons. The molecule has 4 aromatic heterocycles. The number of ether oxygens (including phenoxy) is 1. The second kappa shape index (κ2) is 8.53. The second-order valence-electron chi connectivity index (χ2n) is 7.80. The molecule has 0 saturated heterocycles. The van der Waals surface area contributed by atoms with Crippen molar-refractivity contribution in [1.29, 1.82) is 0 Å². The third-order valence-electron chi connectivity index (χ3n) is 5.51. The van der Waals surface area contributed by atoms with E-state index in [2.05, 4.69) is 16.5 Å². The van der Waals surface area contributed by atoms with Gasteiger partial charge in [-0.1, -0.05) is 0 Å². The van der Waals surface area contributed by atoms with Gasteiger partial charge in [0.05, 0.1) is 30.9 Å². The first kappa shape index (κ1) is 21.7. The topological polar surface area (TPSA) is 66.1 Å². The van der Waals surface area contributed by atoms with Crippen molar-refractivity contribution in [2.75, 3.05) is 13.7 Å². The van der Waals surface area contributed by atoms with E-state index in [-0.39, 0.29) is 23.9 Å². The van der Waals surface area contributed by atoms with Gasteiger partial charge in [0.15, 0.2) is 5.78 Å². The lowest BCUT2D eigenvalue weighted by Crippen LogP contribution is -2.25. The van der Waals surface area contributed by atoms with Crippen molar-refractivity contribution in [3.05, 3.63) is 62.1 Å². The molecule has 0 bridgehead atoms. The molecule has 4 aromatic rings. The molecule has 6 nitrogen and oxygen atoms in total. The Kier molecular flexibility index (Phi) is 5.96. The molecule has 4 rings (SSSR count). The fraction of sp³-hybridized carbons (Fsp3) is 0.348. The Morgan fingerprint density at radius 2 is 2.03 bits per heavy atom. The number of methoxy groups -OCH3 is 1. The third-order valence-corrected chi connectivity index (χ3v) is 7.43. The summed E-state index contributed by atoms with van der Waals surface area (Å²) in [6, 6.07) is 6.09. The number of aromatic nitrogens is 3. The van der Waals surface area contributed by atoms with Crippen LogP contribution in [0.4, 0.5) is 0 Å². The van der Waals surface area contributed by atoms with Gasteiger partial charge in [0.2, 0.25) is 0 Å². The monoisotopic (exact) mass is 455 g/mol. The van der Waals surface area contributed by atoms with E-state index in [0.717, 1.165) is 21.8 Å². The van der Waals surface area contributed by atoms with Gasteiger partial charge in [-0.2, -0.15) is 0 Å². The molecule has 4 heterocycles. The van der Waals surface area contributed by atoms with E-state index in [1.54, 1.807) is 18.4 Å². The summed E-state index contributed by atoms with van der Waals surface area (Å²) in [5.41, 5.74) is 3.23. The molecule has 8 heteroatoms. The highest BCUT2D eigenvalue weighted by molar-refractivity contribution is 7.19. The van der Waals surface area contributed by atoms with Gasteiger partial charge < -0.3 is 9.30 Å². The highest BCUT2D eigenvalue weighted by atomic mass is 32.1. The molecule has 0 aliphatic rings. The zero-order valence-corrected chi connectivity index (χ0v) is 19.9. The maximum Gasteiger partial charge on any atom is 0.263 e. The number of Topliss-reactive ketones (excluding diaryl/α,β-unsaturated/α-hetero) is 1. The Labute approximate surface area is 188 Å². The summed E-state index contributed by atoms with van der Waals surface area (Å²) in [4.78, 5) is 33.8. The lowest BCUT2D eigenvalue weighted by atomic mass is 10.1. The van der Waals surface area contributed by atoms with Crippen LogP contribution in [-0.4, -0.2) is 33.6 Å². The molecule has 0 spiro atoms. The number of nitrogens with zero attached hydrogens (tertiary/aromatic N) is 3. The van der Waals surface area contributed by atoms with E-state index in [9.17, 15) is 9.59 Å². The van der Waals surface area contributed by atoms with Crippen LogP contribution in [0.5, 0.6) is 0 Å². The predicted molar refractivity (Wildman–Crippen MR) is 127 cm³/mol. The van der Waals surface area contributed by atoms with Gasteiger partial charge in [0.1, 0.15) is 4.83 Å². The minimum atomic E-state index is -0.179. The number of hydrogen-bond donors (Lipinski definition) is 0. The van der Waals surface area contributed by atoms with E-state index in [0.29, 0.717) is 22.4 Å². The molecule has 0 aromatic carbocycles. The van der Waals surface area contributed by atoms with E-state index in [1.807, 2.05) is 44.4 Å². The highest BCUT2D eigenvalue weighted by Crippen LogP contribution is 2.35. The standard InChI is InChI=1S/C23H25N3O3S2/c1-13-8-17(16(4)26(13)14(2)10-29-5)19(27)9-25-12-24-22-21(23(25)28)18(11-30-22)20-7-6-15(3)31-20/h6-8,11-12,14H,9-10H2,1-5H3. The number of aryl methyl sites for hydroxylation is 2. The van der Waals surface area contributed by atoms with Gasteiger partial charge >= 0.3 is 0 Å². The summed E-state index contributed by atoms with van der Waals surface area (Å²) in [5.74, 6) is -0.101. The molecule has 162 valence electrons. The zero-order valence-electron chi connectivity index (χ0n) is 18.3. The van der Waals surface area contributed by atoms with Crippen molar-refractivity contribution in [1.82, 2.24) is 14.1 Å². The molecule has 1 atom stereocenters. The van der Waals surface area contributed by atoms with Crippen molar-refractivity contribution in [2.45, 2.75) is 40.3 Å². The number of carbonyl (C=O) groups is 1. The van der Waals surface area contributed by atoms with Crippen molar-refractivity contribution < 1.29 is 9.53 Å². The average molecular weight is 456 g/mol. The number of ketones is 1. The highest BCUT2D eigenvalue weighted by Gasteiger charge is 2.21. The molecule has 0 aliphatic carbocycles. The quantitative estimate of drug-likeness (QED) is 0.368. The maximum atomic E-state index is 13.3. The summed E-state index contributed by atoms with van der Waals surface area (Å²) in [5, 5.41) is 2.56. The number of hydrogen-bond acceptors (Lipinski definition) is 6. The molecule has 0 saturated carbocycles. The molecule has 0 fully saturated rings. The van der Waals surface area contributed by atoms with E-state index >= 15 is 0 Å². The van der Waals surface area contributed by atoms with Gasteiger partial charge in [-0.15, -0.1) is 22.7 Å². The summed E-state index contributed by atoms with van der Waals surface area (Å²) >= 11 is 3.10. The summed E-state index contributed by atoms with van der Waals surface area (Å²) in [6.45, 7) is 8.55. The summed E-state index contributed by atoms with van der Waals surface area (Å²) in [7, 11) is 1.67. The van der Waals surface area contributed by atoms with E-state index in [4.69, 9.17) is 4.74 Å². The molecule has 1 unspecified atom stereocenters. The largest absolute Gasteiger partial charge is 0.383 e. The number of thiophene rings is 2. The molecule has 0 aliphatic heterocycles. The summed E-state index contributed by atoms with van der Waals surface area (Å²) < 4.78 is 8.80. The predicted octanol–water partition coefficient (Wildman–Crippen LogP) is 5.00. The third kappa shape index (κ3) is 3.91. The summed E-state index contributed by atoms with van der Waals surface area (Å²) in [6.07, 6.45) is 1.48. The molecule has 0 N–H and O–H groups in total. The lowest BCUT2D eigenvalue weighted by Gasteiger charge is -2.17. The number of carbonyl (C=O) groups excluding carboxylic acids is 1. The first-order valence-corrected chi connectivity index (χ1v) is 11.8. The molecule has 31 heavy (non-hydrogen) atoms. The fourth-order valence-corrected chi connectivity index (χ4v) is 6.00. The van der Waals surface area contributed by atoms with Gasteiger partial charge in [0.25, 0.3) is 5.56 Å². The van der Waals surface area contributed by atoms with E-state index in [1.165, 1.54) is 27.1 Å². The van der Waals surface area contributed by atoms with Gasteiger partial charge in [-0.3, -0.25) is 14.2 Å². The lowest BCUT2D eigenvalue weighted by molar-refractivity contribution is 0.0969. The molecular weight excluding hydrogens is 430 g/mol. The van der Waals surface area contributed by atoms with Crippen LogP contribution in [0.2, 0.25) is 0 Å². The average Bonchev–Trinajstić information content (AvgIpc) is 3.41. The van der Waals surface area contributed by atoms with Gasteiger partial charge in [-0.05, 0) is 45.9 Å². The second-order valence-corrected chi connectivity index (χ2v) is 9.95. The first-order chi connectivity index (χ1) is 14.8. The minimum Gasteiger partial charge on any atom is -0.383 e. The number of rotatable bonds is 7. The Balaban J connectivity index is 1.70. The van der Waals surface area contributed by atoms with Crippen LogP contribution in [0, 0.1) is 20.8 Å². The van der Waals surface area contributed by atoms with Crippen LogP contribution in [0.1, 0.15) is 39.6 Å². The Morgan fingerprint density at radius 3 is 2.71 bits per heavy atom. The van der Waals surface area contributed by atoms with Crippen LogP contribution < -0.4 is 5.56 Å². The maximum absolute atomic E-state index is 13.3. The van der Waals surface area contributed by atoms with Crippen LogP contribution in [0.15, 0.2) is 34.7 Å². The van der Waals surface area contributed by atoms with E-state index < -0.39 is 0 Å². The van der Waals surface area contributed by atoms with Crippen LogP contribution in [-0.2, 0) is 11.3 Å². The fourth-order valence-electron chi connectivity index (χ4n) is 4.13. The smallest absolute Gasteiger partial charge is 0.263 e. The minimum absolute atomic E-state index is 0.0382. The SMILES string of the molecule is COCC(C)n1c(C)cc(C(=O)Cn2cnc3scc(-c4ccc(C)s4)c3c2=O)c1C. The van der Waals surface area contributed by atoms with Crippen LogP contribution in [0.3, 0.4) is 0 Å². The Bertz CT molecular complexity index is 1330. The van der Waals surface area contributed by atoms with Gasteiger partial charge in [0, 0.05) is 44.8 Å². The van der Waals surface area contributed by atoms with Gasteiger partial charge in [-0.25, -0.2) is 4.98 Å². The normalized spacial score (nSPS) is 12.5. The van der Waals surface area contributed by atoms with Crippen LogP contribution >= 0.6 is 22.7 Å². The Hall–Kier alpha value is -2.55. The van der Waals surface area contributed by atoms with Crippen molar-refractivity contribution in [3.63, 3.8) is 0 Å². The van der Waals surface area contributed by atoms with Crippen molar-refractivity contribution >= 4 is 38.7 Å². The van der Waals surface area contributed by atoms with Crippen molar-refractivity contribution in [3.8, 4) is 10.4 Å². The first-order valence-electron chi connectivity index (χ1n) is 10.1. The number of fused-ring (bicyclic) bond motifs is 1. The van der Waals surface area contributed by atoms with Crippen molar-refractivity contribution in [2.24, 2.45) is 0 Å².